The highest BCUT2D eigenvalue weighted by molar-refractivity contribution is 5.42. The number of ether oxygens (including phenoxy) is 3. The topological polar surface area (TPSA) is 47.9 Å². The zero-order valence-electron chi connectivity index (χ0n) is 8.32. The Balaban J connectivity index is 2.79. The van der Waals surface area contributed by atoms with E-state index >= 15 is 0 Å². The van der Waals surface area contributed by atoms with Crippen LogP contribution in [0.4, 0.5) is 0 Å². The van der Waals surface area contributed by atoms with Gasteiger partial charge in [0.15, 0.2) is 11.5 Å². The third kappa shape index (κ3) is 2.61. The summed E-state index contributed by atoms with van der Waals surface area (Å²) < 4.78 is 15.0. The fourth-order valence-corrected chi connectivity index (χ4v) is 1.13. The second kappa shape index (κ2) is 5.47. The SMILES string of the molecule is COc1ccc(COCO)cc1OC. The van der Waals surface area contributed by atoms with Crippen LogP contribution in [0.3, 0.4) is 0 Å². The van der Waals surface area contributed by atoms with Crippen molar-refractivity contribution < 1.29 is 19.3 Å². The van der Waals surface area contributed by atoms with Gasteiger partial charge in [-0.3, -0.25) is 0 Å². The van der Waals surface area contributed by atoms with Crippen molar-refractivity contribution in [3.8, 4) is 11.5 Å². The van der Waals surface area contributed by atoms with Gasteiger partial charge in [0.25, 0.3) is 0 Å². The summed E-state index contributed by atoms with van der Waals surface area (Å²) in [5.74, 6) is 1.34. The molecule has 0 bridgehead atoms. The minimum Gasteiger partial charge on any atom is -0.493 e. The van der Waals surface area contributed by atoms with E-state index in [0.29, 0.717) is 18.1 Å². The molecule has 0 unspecified atom stereocenters. The molecule has 0 saturated heterocycles. The number of aliphatic hydroxyl groups excluding tert-OH is 1. The monoisotopic (exact) mass is 198 g/mol. The van der Waals surface area contributed by atoms with Crippen LogP contribution in [0, 0.1) is 0 Å². The molecule has 0 heterocycles. The number of aliphatic hydroxyl groups is 1. The van der Waals surface area contributed by atoms with Gasteiger partial charge in [-0.15, -0.1) is 0 Å². The van der Waals surface area contributed by atoms with Gasteiger partial charge < -0.3 is 19.3 Å². The molecule has 4 nitrogen and oxygen atoms in total. The molecule has 0 atom stereocenters. The smallest absolute Gasteiger partial charge is 0.161 e. The van der Waals surface area contributed by atoms with Crippen LogP contribution in [-0.2, 0) is 11.3 Å². The second-order valence-corrected chi connectivity index (χ2v) is 2.67. The van der Waals surface area contributed by atoms with Gasteiger partial charge in [-0.05, 0) is 17.7 Å². The summed E-state index contributed by atoms with van der Waals surface area (Å²) in [4.78, 5) is 0. The highest BCUT2D eigenvalue weighted by Crippen LogP contribution is 2.27. The molecule has 0 aliphatic heterocycles. The predicted molar refractivity (Wildman–Crippen MR) is 51.4 cm³/mol. The highest BCUT2D eigenvalue weighted by Gasteiger charge is 2.03. The van der Waals surface area contributed by atoms with E-state index < -0.39 is 0 Å². The molecule has 78 valence electrons. The van der Waals surface area contributed by atoms with Crippen molar-refractivity contribution in [1.82, 2.24) is 0 Å². The van der Waals surface area contributed by atoms with Gasteiger partial charge in [-0.25, -0.2) is 0 Å². The number of hydrogen-bond acceptors (Lipinski definition) is 4. The van der Waals surface area contributed by atoms with Crippen LogP contribution in [0.5, 0.6) is 11.5 Å². The predicted octanol–water partition coefficient (Wildman–Crippen LogP) is 1.17. The van der Waals surface area contributed by atoms with E-state index in [0.717, 1.165) is 5.56 Å². The van der Waals surface area contributed by atoms with Crippen molar-refractivity contribution in [3.05, 3.63) is 23.8 Å². The van der Waals surface area contributed by atoms with Gasteiger partial charge in [-0.2, -0.15) is 0 Å². The summed E-state index contributed by atoms with van der Waals surface area (Å²) in [5, 5.41) is 8.48. The van der Waals surface area contributed by atoms with E-state index in [-0.39, 0.29) is 6.79 Å². The van der Waals surface area contributed by atoms with Crippen LogP contribution in [0.15, 0.2) is 18.2 Å². The zero-order chi connectivity index (χ0) is 10.4. The number of rotatable bonds is 5. The Hall–Kier alpha value is -1.26. The minimum absolute atomic E-state index is 0.283. The normalized spacial score (nSPS) is 9.93. The van der Waals surface area contributed by atoms with Crippen LogP contribution in [0.2, 0.25) is 0 Å². The lowest BCUT2D eigenvalue weighted by Gasteiger charge is -2.09. The van der Waals surface area contributed by atoms with Gasteiger partial charge >= 0.3 is 0 Å². The molecule has 0 saturated carbocycles. The fourth-order valence-electron chi connectivity index (χ4n) is 1.13. The third-order valence-corrected chi connectivity index (χ3v) is 1.81. The van der Waals surface area contributed by atoms with Gasteiger partial charge in [0.1, 0.15) is 6.79 Å². The van der Waals surface area contributed by atoms with Gasteiger partial charge in [0, 0.05) is 0 Å². The van der Waals surface area contributed by atoms with Crippen LogP contribution >= 0.6 is 0 Å². The number of methoxy groups -OCH3 is 2. The quantitative estimate of drug-likeness (QED) is 0.721. The molecular weight excluding hydrogens is 184 g/mol. The van der Waals surface area contributed by atoms with Crippen molar-refractivity contribution in [1.29, 1.82) is 0 Å². The molecule has 0 aliphatic rings. The first-order valence-corrected chi connectivity index (χ1v) is 4.21. The van der Waals surface area contributed by atoms with E-state index in [1.54, 1.807) is 20.3 Å². The van der Waals surface area contributed by atoms with E-state index in [9.17, 15) is 0 Å². The summed E-state index contributed by atoms with van der Waals surface area (Å²) >= 11 is 0. The lowest BCUT2D eigenvalue weighted by molar-refractivity contribution is -0.0113. The van der Waals surface area contributed by atoms with E-state index in [4.69, 9.17) is 19.3 Å². The largest absolute Gasteiger partial charge is 0.493 e. The van der Waals surface area contributed by atoms with Crippen LogP contribution in [-0.4, -0.2) is 26.1 Å². The van der Waals surface area contributed by atoms with Crippen molar-refractivity contribution in [2.45, 2.75) is 6.61 Å². The number of benzene rings is 1. The number of hydrogen-bond donors (Lipinski definition) is 1. The molecular formula is C10H14O4. The molecule has 0 amide bonds. The first-order valence-electron chi connectivity index (χ1n) is 4.21. The summed E-state index contributed by atoms with van der Waals surface area (Å²) in [6.07, 6.45) is 0. The Morgan fingerprint density at radius 1 is 1.14 bits per heavy atom. The first kappa shape index (κ1) is 10.8. The average molecular weight is 198 g/mol. The Morgan fingerprint density at radius 3 is 2.43 bits per heavy atom. The van der Waals surface area contributed by atoms with Crippen LogP contribution in [0.1, 0.15) is 5.56 Å². The summed E-state index contributed by atoms with van der Waals surface area (Å²) in [6.45, 7) is 0.0746. The van der Waals surface area contributed by atoms with E-state index in [1.165, 1.54) is 0 Å². The maximum Gasteiger partial charge on any atom is 0.161 e. The molecule has 0 fully saturated rings. The van der Waals surface area contributed by atoms with Gasteiger partial charge in [0.2, 0.25) is 0 Å². The van der Waals surface area contributed by atoms with Crippen molar-refractivity contribution in [2.75, 3.05) is 21.0 Å². The first-order chi connectivity index (χ1) is 6.81. The molecule has 0 aliphatic carbocycles. The lowest BCUT2D eigenvalue weighted by Crippen LogP contribution is -1.96. The summed E-state index contributed by atoms with van der Waals surface area (Å²) in [7, 11) is 3.16. The molecule has 4 heteroatoms. The van der Waals surface area contributed by atoms with Gasteiger partial charge in [-0.1, -0.05) is 6.07 Å². The van der Waals surface area contributed by atoms with Gasteiger partial charge in [0.05, 0.1) is 20.8 Å². The van der Waals surface area contributed by atoms with Crippen LogP contribution in [0.25, 0.3) is 0 Å². The second-order valence-electron chi connectivity index (χ2n) is 2.67. The van der Waals surface area contributed by atoms with Crippen LogP contribution < -0.4 is 9.47 Å². The fraction of sp³-hybridized carbons (Fsp3) is 0.400. The highest BCUT2D eigenvalue weighted by atomic mass is 16.6. The van der Waals surface area contributed by atoms with E-state index in [2.05, 4.69) is 0 Å². The van der Waals surface area contributed by atoms with E-state index in [1.807, 2.05) is 12.1 Å². The standard InChI is InChI=1S/C10H14O4/c1-12-9-4-3-8(6-14-7-11)5-10(9)13-2/h3-5,11H,6-7H2,1-2H3. The molecule has 14 heavy (non-hydrogen) atoms. The molecule has 1 aromatic rings. The Morgan fingerprint density at radius 2 is 1.86 bits per heavy atom. The summed E-state index contributed by atoms with van der Waals surface area (Å²) in [5.41, 5.74) is 0.928. The Labute approximate surface area is 83.0 Å². The molecule has 1 N–H and O–H groups in total. The molecule has 0 aromatic heterocycles. The zero-order valence-corrected chi connectivity index (χ0v) is 8.32. The molecule has 1 aromatic carbocycles. The minimum atomic E-state index is -0.283. The average Bonchev–Trinajstić information content (AvgIpc) is 2.25. The Bertz CT molecular complexity index is 285. The maximum absolute atomic E-state index is 8.48. The summed E-state index contributed by atoms with van der Waals surface area (Å²) in [6, 6.07) is 5.47. The molecule has 1 rings (SSSR count). The van der Waals surface area contributed by atoms with Crippen molar-refractivity contribution in [2.24, 2.45) is 0 Å². The Kier molecular flexibility index (Phi) is 4.22. The van der Waals surface area contributed by atoms with Crippen molar-refractivity contribution >= 4 is 0 Å². The van der Waals surface area contributed by atoms with Crippen molar-refractivity contribution in [3.63, 3.8) is 0 Å². The molecule has 0 spiro atoms. The molecule has 0 radical (unpaired) electrons. The maximum atomic E-state index is 8.48. The lowest BCUT2D eigenvalue weighted by atomic mass is 10.2. The third-order valence-electron chi connectivity index (χ3n) is 1.81.